The van der Waals surface area contributed by atoms with E-state index in [4.69, 9.17) is 90.0 Å². The molecule has 10 saturated heterocycles. The molecule has 120 heavy (non-hydrogen) atoms. The van der Waals surface area contributed by atoms with Crippen molar-refractivity contribution in [2.45, 2.75) is 336 Å². The van der Waals surface area contributed by atoms with Gasteiger partial charge in [0.1, 0.15) is 219 Å². The molecule has 49 atom stereocenters. The van der Waals surface area contributed by atoms with Crippen molar-refractivity contribution in [3.8, 4) is 0 Å². The van der Waals surface area contributed by atoms with Crippen LogP contribution in [0, 0.1) is 5.92 Å². The van der Waals surface area contributed by atoms with Gasteiger partial charge in [0.2, 0.25) is 23.6 Å². The molecule has 0 spiro atoms. The Balaban J connectivity index is 0.962. The molecule has 10 rings (SSSR count). The highest BCUT2D eigenvalue weighted by Gasteiger charge is 2.62. The van der Waals surface area contributed by atoms with E-state index in [1.807, 2.05) is 0 Å². The molecule has 4 amide bonds. The Bertz CT molecular complexity index is 3230. The molecule has 0 bridgehead atoms. The predicted molar refractivity (Wildman–Crippen MR) is 372 cm³/mol. The van der Waals surface area contributed by atoms with E-state index in [1.54, 1.807) is 0 Å². The number of rotatable bonds is 31. The van der Waals surface area contributed by atoms with E-state index in [1.165, 1.54) is 13.8 Å². The van der Waals surface area contributed by atoms with Gasteiger partial charge in [-0.15, -0.1) is 0 Å². The number of amides is 4. The first-order valence-corrected chi connectivity index (χ1v) is 38.7. The Morgan fingerprint density at radius 2 is 0.542 bits per heavy atom. The van der Waals surface area contributed by atoms with Crippen molar-refractivity contribution >= 4 is 23.6 Å². The van der Waals surface area contributed by atoms with Gasteiger partial charge in [-0.05, 0) is 6.92 Å². The van der Waals surface area contributed by atoms with Crippen molar-refractivity contribution in [3.05, 3.63) is 0 Å². The first kappa shape index (κ1) is 98.3. The van der Waals surface area contributed by atoms with Crippen LogP contribution in [0.15, 0.2) is 0 Å². The van der Waals surface area contributed by atoms with Crippen LogP contribution in [0.2, 0.25) is 0 Å². The van der Waals surface area contributed by atoms with Crippen molar-refractivity contribution in [1.82, 2.24) is 21.3 Å². The van der Waals surface area contributed by atoms with Crippen LogP contribution in [0.1, 0.15) is 41.5 Å². The summed E-state index contributed by atoms with van der Waals surface area (Å²) in [7, 11) is 0. The van der Waals surface area contributed by atoms with Crippen molar-refractivity contribution in [3.63, 3.8) is 0 Å². The summed E-state index contributed by atoms with van der Waals surface area (Å²) in [5.74, 6) is -4.87. The van der Waals surface area contributed by atoms with Gasteiger partial charge in [0.25, 0.3) is 0 Å². The van der Waals surface area contributed by atoms with E-state index in [0.29, 0.717) is 0 Å². The number of carbonyl (C=O) groups excluding carboxylic acids is 4. The van der Waals surface area contributed by atoms with E-state index >= 15 is 0 Å². The smallest absolute Gasteiger partial charge is 0.217 e. The average molecular weight is 1760 g/mol. The molecule has 52 nitrogen and oxygen atoms in total. The summed E-state index contributed by atoms with van der Waals surface area (Å²) in [5.41, 5.74) is 0. The minimum Gasteiger partial charge on any atom is -0.394 e. The largest absolute Gasteiger partial charge is 0.394 e. The fraction of sp³-hybridized carbons (Fsp3) is 0.941. The maximum absolute atomic E-state index is 13.3. The fourth-order valence-corrected chi connectivity index (χ4v) is 15.9. The molecule has 52 heteroatoms. The lowest BCUT2D eigenvalue weighted by molar-refractivity contribution is -0.399. The highest BCUT2D eigenvalue weighted by atomic mass is 16.8. The quantitative estimate of drug-likeness (QED) is 0.0306. The van der Waals surface area contributed by atoms with Crippen LogP contribution in [0.25, 0.3) is 0 Å². The van der Waals surface area contributed by atoms with Crippen molar-refractivity contribution in [1.29, 1.82) is 0 Å². The molecule has 0 aromatic rings. The zero-order chi connectivity index (χ0) is 88.2. The Hall–Kier alpha value is -3.88. The SMILES string of the molecule is CC(=O)N[C@H]1[C@H](O[C@@H]2[C@@H](OC[C@H]3O[C@@H](O[C@H]4[C@H](O)[C@@H](NC(C)=O)[C@H](O[C@H]5[C@H](O)[C@@H](NC(C)=O)C(O)O[C@@H]5CO)O[C@@H]4CO)[C@@H](O[C@@H]4O[C@H](CO)[C@H](O)[C@H]4O)[C@@H](O[C@H]4O[C@H](CO)[C@@H](O)[C@H](C)[C@@H]4O)[C@@H]3O)O[C@H](CO)[C@@H](O)[C@@H]2O)O[C@H](CO)[C@@H](O[C@@H]2O[C@H](CO)[C@H](O)[C@H](O[C@@H]3O[C@H](CO)[C@H](O)[C@H](O)[C@H]3O[C@@H]3O[C@@H](C)[C@@H](O)[C@@H](O)[C@@H]3O)[C@H]2NC(C)=O)[C@@H]1O. The lowest BCUT2D eigenvalue weighted by Gasteiger charge is -2.51. The Morgan fingerprint density at radius 3 is 1.03 bits per heavy atom. The van der Waals surface area contributed by atoms with Crippen LogP contribution < -0.4 is 21.3 Å². The van der Waals surface area contributed by atoms with Gasteiger partial charge in [0.05, 0.1) is 71.7 Å². The Labute approximate surface area is 681 Å². The lowest BCUT2D eigenvalue weighted by Crippen LogP contribution is -2.71. The zero-order valence-corrected chi connectivity index (χ0v) is 65.2. The van der Waals surface area contributed by atoms with Gasteiger partial charge in [-0.2, -0.15) is 0 Å². The number of aliphatic hydroxyl groups is 25. The molecule has 694 valence electrons. The predicted octanol–water partition coefficient (Wildman–Crippen LogP) is -19.3. The molecular formula is C68H114N4O48. The van der Waals surface area contributed by atoms with Gasteiger partial charge >= 0.3 is 0 Å². The van der Waals surface area contributed by atoms with E-state index in [9.17, 15) is 147 Å². The number of nitrogens with one attached hydrogen (secondary N) is 4. The first-order valence-electron chi connectivity index (χ1n) is 38.7. The molecule has 0 saturated carbocycles. The summed E-state index contributed by atoms with van der Waals surface area (Å²) in [6.07, 6.45) is -88.2. The third-order valence-electron chi connectivity index (χ3n) is 22.5. The molecular weight excluding hydrogens is 1640 g/mol. The van der Waals surface area contributed by atoms with Crippen LogP contribution >= 0.6 is 0 Å². The van der Waals surface area contributed by atoms with E-state index in [2.05, 4.69) is 21.3 Å². The number of hydrogen-bond acceptors (Lipinski definition) is 48. The highest BCUT2D eigenvalue weighted by Crippen LogP contribution is 2.42. The lowest BCUT2D eigenvalue weighted by atomic mass is 9.90. The second kappa shape index (κ2) is 42.8. The maximum Gasteiger partial charge on any atom is 0.217 e. The number of hydrogen-bond donors (Lipinski definition) is 29. The Morgan fingerprint density at radius 1 is 0.242 bits per heavy atom. The highest BCUT2D eigenvalue weighted by molar-refractivity contribution is 5.74. The van der Waals surface area contributed by atoms with E-state index < -0.39 is 384 Å². The molecule has 1 unspecified atom stereocenters. The number of carbonyl (C=O) groups is 4. The minimum atomic E-state index is -2.38. The first-order chi connectivity index (χ1) is 56.8. The summed E-state index contributed by atoms with van der Waals surface area (Å²) in [5, 5.41) is 289. The Kier molecular flexibility index (Phi) is 35.1. The molecule has 0 aromatic carbocycles. The van der Waals surface area contributed by atoms with Crippen molar-refractivity contribution in [2.24, 2.45) is 5.92 Å². The van der Waals surface area contributed by atoms with Gasteiger partial charge in [-0.1, -0.05) is 6.92 Å². The minimum absolute atomic E-state index is 0.781. The standard InChI is InChI=1S/C68H114N4O48/c1-16-35(85)22(7-73)106-63(36(16)86)117-55-42(92)30(112-68(58(55)120-65-49(99)40(90)25(10-76)107-65)115-53-29(14-80)110-60(32(45(53)95)70-19(4)82)113-51-27(12-78)104-59(101)31(43(51)93)69-18(3)81)15-102-66-56(47(97)38(88)23(8-74)108-66)118-61-33(71-20(5)83)44(94)52(28(13-79)111-61)114-62-34(72-21(6)84)54(41(91)26(11-77)105-62)116-67-57(48(98)39(89)24(9-75)109-67)119-64-50(100)46(96)37(87)17(2)103-64/h16-17,22-68,73-80,85-101H,7-15H2,1-6H3,(H,69,81)(H,70,82)(H,71,83)(H,72,84)/t16-,17-,22+,23+,24+,25+,26+,27+,28+,29+,30+,31+,32+,33+,34+,35-,36-,37+,38+,39-,40-,41-,42+,43+,44+,45+,46+,47-,48-,49+,50-,51+,52+,53+,54+,55-,56-,57+,58-,59?,60-,61-,62-,63+,64-,65-,66-,67-,68-/m0/s1. The van der Waals surface area contributed by atoms with Gasteiger partial charge in [0.15, 0.2) is 62.9 Å². The van der Waals surface area contributed by atoms with Gasteiger partial charge in [-0.25, -0.2) is 0 Å². The molecule has 10 heterocycles. The summed E-state index contributed by atoms with van der Waals surface area (Å²) in [4.78, 5) is 51.8. The normalized spacial score (nSPS) is 49.6. The second-order valence-electron chi connectivity index (χ2n) is 30.8. The molecule has 0 aromatic heterocycles. The average Bonchev–Trinajstić information content (AvgIpc) is 1.11. The fourth-order valence-electron chi connectivity index (χ4n) is 15.9. The summed E-state index contributed by atoms with van der Waals surface area (Å²) in [6.45, 7) is -3.28. The molecule has 10 aliphatic heterocycles. The summed E-state index contributed by atoms with van der Waals surface area (Å²) in [6, 6.07) is -7.49. The third-order valence-corrected chi connectivity index (χ3v) is 22.5. The monoisotopic (exact) mass is 1750 g/mol. The zero-order valence-electron chi connectivity index (χ0n) is 65.2. The van der Waals surface area contributed by atoms with Crippen LogP contribution in [0.5, 0.6) is 0 Å². The van der Waals surface area contributed by atoms with Crippen molar-refractivity contribution in [2.75, 3.05) is 59.5 Å². The van der Waals surface area contributed by atoms with Gasteiger partial charge < -0.3 is 239 Å². The van der Waals surface area contributed by atoms with E-state index in [0.717, 1.165) is 27.7 Å². The third kappa shape index (κ3) is 21.4. The molecule has 10 fully saturated rings. The van der Waals surface area contributed by atoms with Crippen LogP contribution in [0.4, 0.5) is 0 Å². The summed E-state index contributed by atoms with van der Waals surface area (Å²) >= 11 is 0. The van der Waals surface area contributed by atoms with Gasteiger partial charge in [0, 0.05) is 33.6 Å². The van der Waals surface area contributed by atoms with Crippen LogP contribution in [-0.2, 0) is 109 Å². The molecule has 0 radical (unpaired) electrons. The second-order valence-corrected chi connectivity index (χ2v) is 30.8. The molecule has 29 N–H and O–H groups in total. The number of aliphatic hydroxyl groups excluding tert-OH is 25. The number of ether oxygens (including phenoxy) is 19. The maximum atomic E-state index is 13.3. The van der Waals surface area contributed by atoms with Crippen LogP contribution in [-0.4, -0.2) is 505 Å². The van der Waals surface area contributed by atoms with E-state index in [-0.39, 0.29) is 0 Å². The molecule has 0 aliphatic carbocycles. The molecule has 10 aliphatic rings. The summed E-state index contributed by atoms with van der Waals surface area (Å²) < 4.78 is 115. The van der Waals surface area contributed by atoms with Crippen molar-refractivity contribution < 1.29 is 237 Å². The topological polar surface area (TPSA) is 798 Å². The van der Waals surface area contributed by atoms with Gasteiger partial charge in [-0.3, -0.25) is 19.2 Å². The van der Waals surface area contributed by atoms with Crippen LogP contribution in [0.3, 0.4) is 0 Å².